The number of alkyl halides is 3. The molecule has 3 N–H and O–H groups in total. The Balaban J connectivity index is 1.30. The van der Waals surface area contributed by atoms with E-state index < -0.39 is 48.9 Å². The number of rotatable bonds is 8. The van der Waals surface area contributed by atoms with E-state index >= 15 is 0 Å². The Morgan fingerprint density at radius 2 is 1.57 bits per heavy atom. The fraction of sp³-hybridized carbons (Fsp3) is 0.400. The molecule has 0 aliphatic heterocycles. The van der Waals surface area contributed by atoms with Crippen LogP contribution in [0.4, 0.5) is 18.0 Å². The van der Waals surface area contributed by atoms with Crippen LogP contribution in [0.3, 0.4) is 0 Å². The molecule has 7 nitrogen and oxygen atoms in total. The molecule has 1 saturated carbocycles. The summed E-state index contributed by atoms with van der Waals surface area (Å²) in [5.74, 6) is -2.42. The molecule has 0 spiro atoms. The van der Waals surface area contributed by atoms with Crippen LogP contribution in [0, 0.1) is 5.92 Å². The number of carboxylic acid groups (broad SMARTS) is 1. The van der Waals surface area contributed by atoms with Crippen molar-refractivity contribution in [1.82, 2.24) is 10.6 Å². The molecule has 0 aromatic heterocycles. The van der Waals surface area contributed by atoms with Crippen molar-refractivity contribution in [2.75, 3.05) is 6.61 Å². The van der Waals surface area contributed by atoms with Gasteiger partial charge >= 0.3 is 18.2 Å². The molecule has 2 aliphatic rings. The van der Waals surface area contributed by atoms with Crippen LogP contribution in [0.2, 0.25) is 0 Å². The molecule has 0 unspecified atom stereocenters. The number of carbonyl (C=O) groups is 3. The first kappa shape index (κ1) is 24.6. The zero-order chi connectivity index (χ0) is 25.2. The molecule has 186 valence electrons. The Hall–Kier alpha value is -3.56. The number of hydrogen-bond donors (Lipinski definition) is 3. The first-order valence-corrected chi connectivity index (χ1v) is 11.3. The Morgan fingerprint density at radius 3 is 2.11 bits per heavy atom. The van der Waals surface area contributed by atoms with Gasteiger partial charge < -0.3 is 20.5 Å². The van der Waals surface area contributed by atoms with Gasteiger partial charge in [0.05, 0.1) is 5.92 Å². The zero-order valence-corrected chi connectivity index (χ0v) is 18.7. The molecular weight excluding hydrogens is 465 g/mol. The number of amides is 2. The number of hydrogen-bond acceptors (Lipinski definition) is 4. The number of halogens is 3. The first-order valence-electron chi connectivity index (χ1n) is 11.3. The maximum Gasteiger partial charge on any atom is 0.408 e. The van der Waals surface area contributed by atoms with Gasteiger partial charge in [-0.05, 0) is 41.5 Å². The van der Waals surface area contributed by atoms with E-state index in [1.165, 1.54) is 0 Å². The quantitative estimate of drug-likeness (QED) is 0.514. The van der Waals surface area contributed by atoms with Gasteiger partial charge in [0.2, 0.25) is 5.91 Å². The van der Waals surface area contributed by atoms with Crippen LogP contribution < -0.4 is 10.6 Å². The highest BCUT2D eigenvalue weighted by molar-refractivity contribution is 5.79. The summed E-state index contributed by atoms with van der Waals surface area (Å²) >= 11 is 0. The Kier molecular flexibility index (Phi) is 7.00. The van der Waals surface area contributed by atoms with E-state index in [0.29, 0.717) is 0 Å². The molecule has 2 aromatic carbocycles. The number of alkyl carbamates (subject to hydrolysis) is 1. The number of ether oxygens (including phenoxy) is 1. The molecular formula is C25H25F3N2O5. The average Bonchev–Trinajstić information content (AvgIpc) is 3.10. The molecule has 0 saturated heterocycles. The van der Waals surface area contributed by atoms with E-state index in [-0.39, 0.29) is 31.4 Å². The van der Waals surface area contributed by atoms with Crippen LogP contribution >= 0.6 is 0 Å². The molecule has 0 bridgehead atoms. The maximum atomic E-state index is 13.5. The Morgan fingerprint density at radius 1 is 1.00 bits per heavy atom. The van der Waals surface area contributed by atoms with Gasteiger partial charge in [0.25, 0.3) is 0 Å². The summed E-state index contributed by atoms with van der Waals surface area (Å²) in [6.07, 6.45) is -6.60. The van der Waals surface area contributed by atoms with E-state index in [2.05, 4.69) is 5.32 Å². The predicted octanol–water partition coefficient (Wildman–Crippen LogP) is 4.22. The zero-order valence-electron chi connectivity index (χ0n) is 18.7. The summed E-state index contributed by atoms with van der Waals surface area (Å²) in [5, 5.41) is 13.2. The van der Waals surface area contributed by atoms with Crippen LogP contribution in [0.25, 0.3) is 11.1 Å². The number of carbonyl (C=O) groups excluding carboxylic acids is 2. The summed E-state index contributed by atoms with van der Waals surface area (Å²) < 4.78 is 45.6. The lowest BCUT2D eigenvalue weighted by molar-refractivity contribution is -0.157. The molecule has 2 amide bonds. The normalized spacial score (nSPS) is 19.6. The SMILES string of the molecule is O=C(CC[C@H](NC(=O)OCC1c2ccccc2-c2ccccc21)C(F)(F)F)NC1CC(C(=O)O)C1. The van der Waals surface area contributed by atoms with Crippen molar-refractivity contribution in [3.8, 4) is 11.1 Å². The minimum atomic E-state index is -4.77. The van der Waals surface area contributed by atoms with E-state index in [9.17, 15) is 27.6 Å². The number of fused-ring (bicyclic) bond motifs is 3. The van der Waals surface area contributed by atoms with Crippen LogP contribution in [-0.4, -0.2) is 47.9 Å². The van der Waals surface area contributed by atoms with Gasteiger partial charge in [-0.1, -0.05) is 48.5 Å². The fourth-order valence-electron chi connectivity index (χ4n) is 4.61. The lowest BCUT2D eigenvalue weighted by atomic mass is 9.80. The summed E-state index contributed by atoms with van der Waals surface area (Å²) in [6, 6.07) is 12.6. The van der Waals surface area contributed by atoms with Crippen molar-refractivity contribution < 1.29 is 37.4 Å². The molecule has 1 atom stereocenters. The van der Waals surface area contributed by atoms with Crippen LogP contribution in [-0.2, 0) is 14.3 Å². The van der Waals surface area contributed by atoms with Crippen molar-refractivity contribution in [1.29, 1.82) is 0 Å². The van der Waals surface area contributed by atoms with E-state index in [1.807, 2.05) is 53.8 Å². The smallest absolute Gasteiger partial charge is 0.408 e. The maximum absolute atomic E-state index is 13.5. The van der Waals surface area contributed by atoms with E-state index in [1.54, 1.807) is 0 Å². The van der Waals surface area contributed by atoms with Crippen molar-refractivity contribution in [2.24, 2.45) is 5.92 Å². The van der Waals surface area contributed by atoms with Gasteiger partial charge in [-0.15, -0.1) is 0 Å². The van der Waals surface area contributed by atoms with Gasteiger partial charge in [-0.25, -0.2) is 4.79 Å². The monoisotopic (exact) mass is 490 g/mol. The summed E-state index contributed by atoms with van der Waals surface area (Å²) in [5.41, 5.74) is 3.87. The minimum absolute atomic E-state index is 0.128. The van der Waals surface area contributed by atoms with Gasteiger partial charge in [-0.2, -0.15) is 13.2 Å². The van der Waals surface area contributed by atoms with Crippen molar-refractivity contribution in [3.05, 3.63) is 59.7 Å². The second-order valence-electron chi connectivity index (χ2n) is 8.87. The van der Waals surface area contributed by atoms with Crippen molar-refractivity contribution >= 4 is 18.0 Å². The molecule has 10 heteroatoms. The lowest BCUT2D eigenvalue weighted by Gasteiger charge is -2.33. The molecule has 1 fully saturated rings. The fourth-order valence-corrected chi connectivity index (χ4v) is 4.61. The molecule has 2 aromatic rings. The summed E-state index contributed by atoms with van der Waals surface area (Å²) in [7, 11) is 0. The predicted molar refractivity (Wildman–Crippen MR) is 120 cm³/mol. The third kappa shape index (κ3) is 5.58. The standard InChI is InChI=1S/C25H25F3N2O5/c26-25(27,28)21(9-10-22(31)29-15-11-14(12-15)23(32)33)30-24(34)35-13-20-18-7-3-1-5-16(18)17-6-2-4-8-19(17)20/h1-8,14-15,20-21H,9-13H2,(H,29,31)(H,30,34)(H,32,33)/t14?,15?,21-/m0/s1. The second-order valence-corrected chi connectivity index (χ2v) is 8.87. The topological polar surface area (TPSA) is 105 Å². The van der Waals surface area contributed by atoms with Gasteiger partial charge in [0.15, 0.2) is 0 Å². The molecule has 0 radical (unpaired) electrons. The Labute approximate surface area is 199 Å². The summed E-state index contributed by atoms with van der Waals surface area (Å²) in [4.78, 5) is 35.1. The van der Waals surface area contributed by atoms with E-state index in [4.69, 9.17) is 9.84 Å². The van der Waals surface area contributed by atoms with Crippen LogP contribution in [0.15, 0.2) is 48.5 Å². The van der Waals surface area contributed by atoms with Gasteiger partial charge in [0, 0.05) is 18.4 Å². The average molecular weight is 490 g/mol. The number of carboxylic acids is 1. The lowest BCUT2D eigenvalue weighted by Crippen LogP contribution is -2.48. The molecule has 2 aliphatic carbocycles. The number of benzene rings is 2. The molecule has 4 rings (SSSR count). The highest BCUT2D eigenvalue weighted by Crippen LogP contribution is 2.44. The third-order valence-corrected chi connectivity index (χ3v) is 6.54. The molecule has 0 heterocycles. The second kappa shape index (κ2) is 9.97. The number of nitrogens with one attached hydrogen (secondary N) is 2. The summed E-state index contributed by atoms with van der Waals surface area (Å²) in [6.45, 7) is -0.128. The van der Waals surface area contributed by atoms with Gasteiger partial charge in [-0.3, -0.25) is 9.59 Å². The highest BCUT2D eigenvalue weighted by Gasteiger charge is 2.42. The van der Waals surface area contributed by atoms with Crippen LogP contribution in [0.1, 0.15) is 42.7 Å². The third-order valence-electron chi connectivity index (χ3n) is 6.54. The molecule has 35 heavy (non-hydrogen) atoms. The largest absolute Gasteiger partial charge is 0.481 e. The van der Waals surface area contributed by atoms with E-state index in [0.717, 1.165) is 22.3 Å². The van der Waals surface area contributed by atoms with Crippen molar-refractivity contribution in [3.63, 3.8) is 0 Å². The first-order chi connectivity index (χ1) is 16.6. The van der Waals surface area contributed by atoms with Crippen molar-refractivity contribution in [2.45, 2.75) is 49.9 Å². The number of aliphatic carboxylic acids is 1. The Bertz CT molecular complexity index is 1070. The minimum Gasteiger partial charge on any atom is -0.481 e. The highest BCUT2D eigenvalue weighted by atomic mass is 19.4. The van der Waals surface area contributed by atoms with Gasteiger partial charge in [0.1, 0.15) is 12.6 Å². The van der Waals surface area contributed by atoms with Crippen LogP contribution in [0.5, 0.6) is 0 Å².